The predicted octanol–water partition coefficient (Wildman–Crippen LogP) is 3.73. The van der Waals surface area contributed by atoms with Gasteiger partial charge in [-0.1, -0.05) is 0 Å². The van der Waals surface area contributed by atoms with Crippen molar-refractivity contribution in [3.05, 3.63) is 45.1 Å². The molecular formula is C19H25NO3S. The number of benzene rings is 1. The standard InChI is InChI=1S/C19H25NO3S/c1-4-23-12-14-11-18(22-3)17(21-2)10-13(14)9-16-15-6-8-24-19(15)5-7-20-16/h6,8,10-11,16,20H,4-5,7,9,12H2,1-3H3. The minimum atomic E-state index is 0.346. The zero-order valence-corrected chi connectivity index (χ0v) is 15.4. The van der Waals surface area contributed by atoms with Gasteiger partial charge in [0, 0.05) is 24.1 Å². The highest BCUT2D eigenvalue weighted by atomic mass is 32.1. The van der Waals surface area contributed by atoms with Crippen molar-refractivity contribution in [3.63, 3.8) is 0 Å². The zero-order chi connectivity index (χ0) is 16.9. The topological polar surface area (TPSA) is 39.7 Å². The maximum atomic E-state index is 5.66. The van der Waals surface area contributed by atoms with E-state index in [-0.39, 0.29) is 0 Å². The lowest BCUT2D eigenvalue weighted by Gasteiger charge is -2.26. The molecule has 0 fully saturated rings. The number of thiophene rings is 1. The van der Waals surface area contributed by atoms with Crippen LogP contribution >= 0.6 is 11.3 Å². The van der Waals surface area contributed by atoms with Crippen LogP contribution < -0.4 is 14.8 Å². The van der Waals surface area contributed by atoms with Gasteiger partial charge in [0.15, 0.2) is 11.5 Å². The Balaban J connectivity index is 1.91. The van der Waals surface area contributed by atoms with Gasteiger partial charge in [-0.15, -0.1) is 11.3 Å². The normalized spacial score (nSPS) is 16.7. The van der Waals surface area contributed by atoms with Crippen LogP contribution in [0.3, 0.4) is 0 Å². The molecule has 1 N–H and O–H groups in total. The minimum Gasteiger partial charge on any atom is -0.493 e. The molecule has 5 heteroatoms. The van der Waals surface area contributed by atoms with Gasteiger partial charge < -0.3 is 19.5 Å². The fraction of sp³-hybridized carbons (Fsp3) is 0.474. The lowest BCUT2D eigenvalue weighted by molar-refractivity contribution is 0.133. The van der Waals surface area contributed by atoms with Crippen LogP contribution in [-0.2, 0) is 24.2 Å². The molecule has 3 rings (SSSR count). The van der Waals surface area contributed by atoms with Crippen molar-refractivity contribution in [1.82, 2.24) is 5.32 Å². The van der Waals surface area contributed by atoms with Crippen LogP contribution in [0.15, 0.2) is 23.6 Å². The number of fused-ring (bicyclic) bond motifs is 1. The Bertz CT molecular complexity index is 683. The van der Waals surface area contributed by atoms with Crippen LogP contribution in [-0.4, -0.2) is 27.4 Å². The Hall–Kier alpha value is -1.56. The molecular weight excluding hydrogens is 322 g/mol. The molecule has 0 radical (unpaired) electrons. The first-order valence-electron chi connectivity index (χ1n) is 8.38. The summed E-state index contributed by atoms with van der Waals surface area (Å²) in [6, 6.07) is 6.73. The molecule has 0 bridgehead atoms. The maximum Gasteiger partial charge on any atom is 0.161 e. The van der Waals surface area contributed by atoms with E-state index >= 15 is 0 Å². The van der Waals surface area contributed by atoms with Gasteiger partial charge in [-0.3, -0.25) is 0 Å². The number of hydrogen-bond acceptors (Lipinski definition) is 5. The first-order valence-corrected chi connectivity index (χ1v) is 9.26. The first-order chi connectivity index (χ1) is 11.8. The summed E-state index contributed by atoms with van der Waals surface area (Å²) in [4.78, 5) is 1.51. The fourth-order valence-corrected chi connectivity index (χ4v) is 4.18. The van der Waals surface area contributed by atoms with Gasteiger partial charge in [0.25, 0.3) is 0 Å². The molecule has 1 unspecified atom stereocenters. The van der Waals surface area contributed by atoms with E-state index in [4.69, 9.17) is 14.2 Å². The molecule has 2 aromatic rings. The van der Waals surface area contributed by atoms with Gasteiger partial charge >= 0.3 is 0 Å². The van der Waals surface area contributed by atoms with Gasteiger partial charge in [-0.25, -0.2) is 0 Å². The van der Waals surface area contributed by atoms with E-state index in [9.17, 15) is 0 Å². The fourth-order valence-electron chi connectivity index (χ4n) is 3.24. The van der Waals surface area contributed by atoms with Crippen molar-refractivity contribution < 1.29 is 14.2 Å². The number of methoxy groups -OCH3 is 2. The summed E-state index contributed by atoms with van der Waals surface area (Å²) in [6.07, 6.45) is 2.05. The van der Waals surface area contributed by atoms with Crippen LogP contribution in [0.25, 0.3) is 0 Å². The van der Waals surface area contributed by atoms with E-state index in [1.165, 1.54) is 21.6 Å². The molecule has 1 aromatic carbocycles. The van der Waals surface area contributed by atoms with Crippen LogP contribution in [0.1, 0.15) is 34.5 Å². The third-order valence-electron chi connectivity index (χ3n) is 4.49. The molecule has 0 spiro atoms. The first kappa shape index (κ1) is 17.3. The van der Waals surface area contributed by atoms with E-state index in [0.717, 1.165) is 30.9 Å². The molecule has 24 heavy (non-hydrogen) atoms. The Morgan fingerprint density at radius 2 is 1.92 bits per heavy atom. The van der Waals surface area contributed by atoms with Gasteiger partial charge in [0.2, 0.25) is 0 Å². The summed E-state index contributed by atoms with van der Waals surface area (Å²) in [7, 11) is 3.35. The molecule has 0 amide bonds. The summed E-state index contributed by atoms with van der Waals surface area (Å²) in [5, 5.41) is 5.85. The molecule has 1 aromatic heterocycles. The summed E-state index contributed by atoms with van der Waals surface area (Å²) >= 11 is 1.86. The summed E-state index contributed by atoms with van der Waals surface area (Å²) in [5.41, 5.74) is 3.85. The van der Waals surface area contributed by atoms with E-state index < -0.39 is 0 Å². The second-order valence-electron chi connectivity index (χ2n) is 5.87. The van der Waals surface area contributed by atoms with Crippen LogP contribution in [0.2, 0.25) is 0 Å². The average Bonchev–Trinajstić information content (AvgIpc) is 3.10. The highest BCUT2D eigenvalue weighted by Crippen LogP contribution is 2.35. The van der Waals surface area contributed by atoms with Crippen molar-refractivity contribution >= 4 is 11.3 Å². The summed E-state index contributed by atoms with van der Waals surface area (Å²) in [6.45, 7) is 4.34. The molecule has 1 aliphatic heterocycles. The monoisotopic (exact) mass is 347 g/mol. The summed E-state index contributed by atoms with van der Waals surface area (Å²) in [5.74, 6) is 1.53. The van der Waals surface area contributed by atoms with Gasteiger partial charge in [0.1, 0.15) is 0 Å². The molecule has 0 saturated carbocycles. The van der Waals surface area contributed by atoms with E-state index in [1.54, 1.807) is 14.2 Å². The Kier molecular flexibility index (Phi) is 5.76. The quantitative estimate of drug-likeness (QED) is 0.828. The number of ether oxygens (including phenoxy) is 3. The highest BCUT2D eigenvalue weighted by molar-refractivity contribution is 7.10. The second kappa shape index (κ2) is 8.01. The zero-order valence-electron chi connectivity index (χ0n) is 14.6. The Morgan fingerprint density at radius 1 is 1.17 bits per heavy atom. The van der Waals surface area contributed by atoms with Crippen molar-refractivity contribution in [2.45, 2.75) is 32.4 Å². The van der Waals surface area contributed by atoms with Crippen molar-refractivity contribution in [2.24, 2.45) is 0 Å². The largest absolute Gasteiger partial charge is 0.493 e. The smallest absolute Gasteiger partial charge is 0.161 e. The van der Waals surface area contributed by atoms with Gasteiger partial charge in [-0.05, 0) is 60.0 Å². The number of rotatable bonds is 7. The van der Waals surface area contributed by atoms with Crippen molar-refractivity contribution in [2.75, 3.05) is 27.4 Å². The maximum absolute atomic E-state index is 5.66. The van der Waals surface area contributed by atoms with Crippen molar-refractivity contribution in [3.8, 4) is 11.5 Å². The Morgan fingerprint density at radius 3 is 2.62 bits per heavy atom. The third-order valence-corrected chi connectivity index (χ3v) is 5.49. The molecule has 2 heterocycles. The number of hydrogen-bond donors (Lipinski definition) is 1. The van der Waals surface area contributed by atoms with Crippen LogP contribution in [0.4, 0.5) is 0 Å². The second-order valence-corrected chi connectivity index (χ2v) is 6.87. The van der Waals surface area contributed by atoms with Crippen molar-refractivity contribution in [1.29, 1.82) is 0 Å². The average molecular weight is 347 g/mol. The molecule has 1 atom stereocenters. The predicted molar refractivity (Wildman–Crippen MR) is 97.3 cm³/mol. The number of nitrogens with one attached hydrogen (secondary N) is 1. The third kappa shape index (κ3) is 3.58. The lowest BCUT2D eigenvalue weighted by Crippen LogP contribution is -2.30. The lowest BCUT2D eigenvalue weighted by atomic mass is 9.93. The molecule has 0 saturated heterocycles. The van der Waals surface area contributed by atoms with Crippen LogP contribution in [0.5, 0.6) is 11.5 Å². The molecule has 0 aliphatic carbocycles. The van der Waals surface area contributed by atoms with E-state index in [1.807, 2.05) is 24.3 Å². The van der Waals surface area contributed by atoms with Crippen LogP contribution in [0, 0.1) is 0 Å². The van der Waals surface area contributed by atoms with Gasteiger partial charge in [-0.2, -0.15) is 0 Å². The van der Waals surface area contributed by atoms with E-state index in [0.29, 0.717) is 19.3 Å². The minimum absolute atomic E-state index is 0.346. The highest BCUT2D eigenvalue weighted by Gasteiger charge is 2.23. The SMILES string of the molecule is CCOCc1cc(OC)c(OC)cc1CC1NCCc2sccc21. The van der Waals surface area contributed by atoms with E-state index in [2.05, 4.69) is 22.8 Å². The van der Waals surface area contributed by atoms with Gasteiger partial charge in [0.05, 0.1) is 20.8 Å². The molecule has 4 nitrogen and oxygen atoms in total. The summed E-state index contributed by atoms with van der Waals surface area (Å²) < 4.78 is 16.6. The Labute approximate surface area is 147 Å². The molecule has 1 aliphatic rings. The molecule has 130 valence electrons.